The normalized spacial score (nSPS) is 24.9. The van der Waals surface area contributed by atoms with E-state index in [-0.39, 0.29) is 18.3 Å². The van der Waals surface area contributed by atoms with E-state index in [2.05, 4.69) is 13.2 Å². The van der Waals surface area contributed by atoms with E-state index >= 15 is 0 Å². The molecule has 0 saturated heterocycles. The first kappa shape index (κ1) is 11.7. The number of Topliss-reactive ketones (excluding diaryl/α,β-unsaturated/α-hetero) is 1. The van der Waals surface area contributed by atoms with Crippen LogP contribution in [0.15, 0.2) is 25.3 Å². The van der Waals surface area contributed by atoms with Crippen molar-refractivity contribution in [3.05, 3.63) is 25.3 Å². The van der Waals surface area contributed by atoms with E-state index in [1.807, 2.05) is 0 Å². The number of hydrogen-bond acceptors (Lipinski definition) is 3. The topological polar surface area (TPSA) is 43.4 Å². The zero-order chi connectivity index (χ0) is 11.3. The summed E-state index contributed by atoms with van der Waals surface area (Å²) in [5.41, 5.74) is 0. The lowest BCUT2D eigenvalue weighted by molar-refractivity contribution is -0.150. The molecule has 1 aliphatic rings. The van der Waals surface area contributed by atoms with Gasteiger partial charge < -0.3 is 4.74 Å². The highest BCUT2D eigenvalue weighted by Gasteiger charge is 2.38. The first-order valence-electron chi connectivity index (χ1n) is 5.12. The van der Waals surface area contributed by atoms with E-state index in [0.717, 1.165) is 6.42 Å². The van der Waals surface area contributed by atoms with Gasteiger partial charge in [-0.25, -0.2) is 0 Å². The van der Waals surface area contributed by atoms with Crippen LogP contribution in [0.3, 0.4) is 0 Å². The van der Waals surface area contributed by atoms with Crippen LogP contribution >= 0.6 is 0 Å². The molecule has 0 aliphatic heterocycles. The van der Waals surface area contributed by atoms with Crippen LogP contribution < -0.4 is 0 Å². The Morgan fingerprint density at radius 1 is 1.40 bits per heavy atom. The molecular weight excluding hydrogens is 192 g/mol. The molecule has 2 atom stereocenters. The van der Waals surface area contributed by atoms with E-state index in [1.165, 1.54) is 6.08 Å². The highest BCUT2D eigenvalue weighted by atomic mass is 16.5. The molecule has 3 heteroatoms. The molecular formula is C12H16O3. The number of ketones is 1. The molecule has 1 rings (SSSR count). The first-order chi connectivity index (χ1) is 7.20. The van der Waals surface area contributed by atoms with E-state index in [1.54, 1.807) is 6.08 Å². The van der Waals surface area contributed by atoms with Gasteiger partial charge in [-0.2, -0.15) is 0 Å². The standard InChI is InChI=1S/C12H16O3/c1-3-5-9-6-7-10(11(9)13)12(14)15-8-4-2/h3-4,9-10H,1-2,5-8H2. The molecule has 1 fully saturated rings. The smallest absolute Gasteiger partial charge is 0.316 e. The number of hydrogen-bond donors (Lipinski definition) is 0. The maximum Gasteiger partial charge on any atom is 0.316 e. The second kappa shape index (κ2) is 5.49. The zero-order valence-electron chi connectivity index (χ0n) is 8.78. The molecule has 0 heterocycles. The number of ether oxygens (including phenoxy) is 1. The van der Waals surface area contributed by atoms with Gasteiger partial charge in [-0.15, -0.1) is 6.58 Å². The fraction of sp³-hybridized carbons (Fsp3) is 0.500. The van der Waals surface area contributed by atoms with Gasteiger partial charge in [0.25, 0.3) is 0 Å². The Kier molecular flexibility index (Phi) is 4.28. The summed E-state index contributed by atoms with van der Waals surface area (Å²) in [4.78, 5) is 23.2. The lowest BCUT2D eigenvalue weighted by Crippen LogP contribution is -2.24. The summed E-state index contributed by atoms with van der Waals surface area (Å²) in [5.74, 6) is -1.01. The molecule has 0 spiro atoms. The number of allylic oxidation sites excluding steroid dienone is 1. The average molecular weight is 208 g/mol. The molecule has 3 nitrogen and oxygen atoms in total. The lowest BCUT2D eigenvalue weighted by Gasteiger charge is -2.08. The van der Waals surface area contributed by atoms with Crippen molar-refractivity contribution >= 4 is 11.8 Å². The van der Waals surface area contributed by atoms with Gasteiger partial charge in [0.05, 0.1) is 0 Å². The Bertz CT molecular complexity index is 281. The monoisotopic (exact) mass is 208 g/mol. The van der Waals surface area contributed by atoms with Gasteiger partial charge in [0, 0.05) is 5.92 Å². The largest absolute Gasteiger partial charge is 0.461 e. The molecule has 0 N–H and O–H groups in total. The van der Waals surface area contributed by atoms with E-state index in [0.29, 0.717) is 12.8 Å². The third-order valence-corrected chi connectivity index (χ3v) is 2.63. The summed E-state index contributed by atoms with van der Waals surface area (Å²) in [6.07, 6.45) is 5.24. The van der Waals surface area contributed by atoms with E-state index < -0.39 is 11.9 Å². The molecule has 0 bridgehead atoms. The van der Waals surface area contributed by atoms with Crippen molar-refractivity contribution < 1.29 is 14.3 Å². The molecule has 1 aliphatic carbocycles. The van der Waals surface area contributed by atoms with Crippen molar-refractivity contribution in [1.29, 1.82) is 0 Å². The van der Waals surface area contributed by atoms with Gasteiger partial charge in [0.1, 0.15) is 18.3 Å². The molecule has 0 aromatic heterocycles. The van der Waals surface area contributed by atoms with Crippen molar-refractivity contribution in [1.82, 2.24) is 0 Å². The Morgan fingerprint density at radius 3 is 2.73 bits per heavy atom. The van der Waals surface area contributed by atoms with Crippen LogP contribution in [0.5, 0.6) is 0 Å². The molecule has 2 unspecified atom stereocenters. The molecule has 15 heavy (non-hydrogen) atoms. The maximum atomic E-state index is 11.7. The van der Waals surface area contributed by atoms with Gasteiger partial charge in [0.15, 0.2) is 0 Å². The average Bonchev–Trinajstić information content (AvgIpc) is 2.58. The van der Waals surface area contributed by atoms with Crippen molar-refractivity contribution in [3.8, 4) is 0 Å². The number of rotatable bonds is 5. The van der Waals surface area contributed by atoms with Crippen LogP contribution in [-0.2, 0) is 14.3 Å². The third-order valence-electron chi connectivity index (χ3n) is 2.63. The Morgan fingerprint density at radius 2 is 2.13 bits per heavy atom. The van der Waals surface area contributed by atoms with Crippen molar-refractivity contribution in [2.75, 3.05) is 6.61 Å². The fourth-order valence-electron chi connectivity index (χ4n) is 1.85. The highest BCUT2D eigenvalue weighted by molar-refractivity contribution is 6.01. The van der Waals surface area contributed by atoms with Gasteiger partial charge in [-0.3, -0.25) is 9.59 Å². The van der Waals surface area contributed by atoms with Crippen molar-refractivity contribution in [2.24, 2.45) is 11.8 Å². The van der Waals surface area contributed by atoms with Crippen LogP contribution in [-0.4, -0.2) is 18.4 Å². The van der Waals surface area contributed by atoms with Gasteiger partial charge in [-0.05, 0) is 19.3 Å². The third kappa shape index (κ3) is 2.78. The maximum absolute atomic E-state index is 11.7. The molecule has 0 aromatic rings. The number of esters is 1. The predicted octanol–water partition coefficient (Wildman–Crippen LogP) is 1.89. The predicted molar refractivity (Wildman–Crippen MR) is 57.2 cm³/mol. The quantitative estimate of drug-likeness (QED) is 0.393. The SMILES string of the molecule is C=CCOC(=O)C1CCC(CC=C)C1=O. The second-order valence-corrected chi connectivity index (χ2v) is 3.67. The van der Waals surface area contributed by atoms with Gasteiger partial charge in [-0.1, -0.05) is 18.7 Å². The van der Waals surface area contributed by atoms with Gasteiger partial charge >= 0.3 is 5.97 Å². The summed E-state index contributed by atoms with van der Waals surface area (Å²) >= 11 is 0. The molecule has 0 amide bonds. The minimum atomic E-state index is -0.560. The fourth-order valence-corrected chi connectivity index (χ4v) is 1.85. The molecule has 82 valence electrons. The Balaban J connectivity index is 2.51. The van der Waals surface area contributed by atoms with E-state index in [4.69, 9.17) is 4.74 Å². The number of carbonyl (C=O) groups excluding carboxylic acids is 2. The summed E-state index contributed by atoms with van der Waals surface area (Å²) in [7, 11) is 0. The summed E-state index contributed by atoms with van der Waals surface area (Å²) in [6.45, 7) is 7.22. The Hall–Kier alpha value is -1.38. The second-order valence-electron chi connectivity index (χ2n) is 3.67. The minimum Gasteiger partial charge on any atom is -0.461 e. The van der Waals surface area contributed by atoms with Crippen LogP contribution in [0.2, 0.25) is 0 Å². The Labute approximate surface area is 89.8 Å². The highest BCUT2D eigenvalue weighted by Crippen LogP contribution is 2.30. The number of carbonyl (C=O) groups is 2. The zero-order valence-corrected chi connectivity index (χ0v) is 8.78. The van der Waals surface area contributed by atoms with Crippen molar-refractivity contribution in [3.63, 3.8) is 0 Å². The van der Waals surface area contributed by atoms with Crippen LogP contribution in [0.1, 0.15) is 19.3 Å². The molecule has 0 aromatic carbocycles. The van der Waals surface area contributed by atoms with Crippen LogP contribution in [0.25, 0.3) is 0 Å². The summed E-state index contributed by atoms with van der Waals surface area (Å²) in [6, 6.07) is 0. The first-order valence-corrected chi connectivity index (χ1v) is 5.12. The lowest BCUT2D eigenvalue weighted by atomic mass is 10.0. The molecule has 0 radical (unpaired) electrons. The van der Waals surface area contributed by atoms with Gasteiger partial charge in [0.2, 0.25) is 0 Å². The minimum absolute atomic E-state index is 0.00367. The van der Waals surface area contributed by atoms with E-state index in [9.17, 15) is 9.59 Å². The summed E-state index contributed by atoms with van der Waals surface area (Å²) in [5, 5.41) is 0. The summed E-state index contributed by atoms with van der Waals surface area (Å²) < 4.78 is 4.87. The van der Waals surface area contributed by atoms with Crippen LogP contribution in [0, 0.1) is 11.8 Å². The van der Waals surface area contributed by atoms with Crippen LogP contribution in [0.4, 0.5) is 0 Å². The molecule has 1 saturated carbocycles. The van der Waals surface area contributed by atoms with Crippen molar-refractivity contribution in [2.45, 2.75) is 19.3 Å².